The molecule has 0 radical (unpaired) electrons. The number of halogens is 2. The minimum Gasteiger partial charge on any atom is -0.372 e. The number of nitrogens with zero attached hydrogens (tertiary/aromatic N) is 2. The smallest absolute Gasteiger partial charge is 0.206 e. The average Bonchev–Trinajstić information content (AvgIpc) is 3.16. The van der Waals surface area contributed by atoms with Crippen LogP contribution in [0, 0.1) is 5.82 Å². The molecule has 0 N–H and O–H groups in total. The molecule has 1 aromatic heterocycles. The molecule has 2 fully saturated rings. The number of benzene rings is 1. The number of hydrogen-bond donors (Lipinski definition) is 0. The zero-order valence-corrected chi connectivity index (χ0v) is 14.2. The first-order valence-electron chi connectivity index (χ1n) is 7.95. The van der Waals surface area contributed by atoms with Gasteiger partial charge in [-0.3, -0.25) is 0 Å². The molecule has 2 saturated heterocycles. The summed E-state index contributed by atoms with van der Waals surface area (Å²) in [5.74, 6) is -0.498. The summed E-state index contributed by atoms with van der Waals surface area (Å²) in [7, 11) is 0. The number of morpholine rings is 1. The van der Waals surface area contributed by atoms with Crippen molar-refractivity contribution < 1.29 is 23.1 Å². The van der Waals surface area contributed by atoms with Crippen LogP contribution in [0.3, 0.4) is 0 Å². The monoisotopic (exact) mass is 356 g/mol. The van der Waals surface area contributed by atoms with Gasteiger partial charge in [-0.05, 0) is 19.9 Å². The number of hydrogen-bond acceptors (Lipinski definition) is 6. The van der Waals surface area contributed by atoms with Crippen molar-refractivity contribution in [1.29, 1.82) is 0 Å². The summed E-state index contributed by atoms with van der Waals surface area (Å²) in [5.41, 5.74) is 1.05. The van der Waals surface area contributed by atoms with Crippen LogP contribution in [0.1, 0.15) is 25.7 Å². The summed E-state index contributed by atoms with van der Waals surface area (Å²) in [6.45, 7) is 6.00. The van der Waals surface area contributed by atoms with E-state index in [0.29, 0.717) is 42.9 Å². The third kappa shape index (κ3) is 2.65. The lowest BCUT2D eigenvalue weighted by molar-refractivity contribution is -0.0445. The Hall–Kier alpha value is -1.41. The van der Waals surface area contributed by atoms with Gasteiger partial charge in [0.05, 0.1) is 36.5 Å². The van der Waals surface area contributed by atoms with E-state index in [2.05, 4.69) is 5.16 Å². The van der Waals surface area contributed by atoms with Crippen molar-refractivity contribution in [3.8, 4) is 0 Å². The maximum absolute atomic E-state index is 15.2. The molecule has 1 aromatic carbocycles. The quantitative estimate of drug-likeness (QED) is 0.823. The van der Waals surface area contributed by atoms with Gasteiger partial charge in [0.15, 0.2) is 17.3 Å². The molecule has 2 aromatic rings. The first-order chi connectivity index (χ1) is 11.5. The van der Waals surface area contributed by atoms with Crippen molar-refractivity contribution in [2.75, 3.05) is 31.2 Å². The molecule has 2 aliphatic rings. The summed E-state index contributed by atoms with van der Waals surface area (Å²) in [6.07, 6.45) is -0.654. The van der Waals surface area contributed by atoms with Crippen LogP contribution in [0.5, 0.6) is 0 Å². The van der Waals surface area contributed by atoms with Crippen LogP contribution in [0.2, 0.25) is 5.15 Å². The predicted molar refractivity (Wildman–Crippen MR) is 85.8 cm³/mol. The fourth-order valence-corrected chi connectivity index (χ4v) is 3.59. The molecule has 3 heterocycles. The molecule has 0 amide bonds. The van der Waals surface area contributed by atoms with Crippen molar-refractivity contribution in [2.24, 2.45) is 0 Å². The fourth-order valence-electron chi connectivity index (χ4n) is 3.42. The molecule has 2 aliphatic heterocycles. The molecule has 0 saturated carbocycles. The second-order valence-electron chi connectivity index (χ2n) is 6.21. The zero-order chi connectivity index (χ0) is 16.8. The second kappa shape index (κ2) is 6.15. The van der Waals surface area contributed by atoms with E-state index in [0.717, 1.165) is 0 Å². The number of aromatic nitrogens is 1. The van der Waals surface area contributed by atoms with Gasteiger partial charge < -0.3 is 23.6 Å². The highest BCUT2D eigenvalue weighted by atomic mass is 35.5. The first kappa shape index (κ1) is 16.1. The molecule has 6 nitrogen and oxygen atoms in total. The summed E-state index contributed by atoms with van der Waals surface area (Å²) < 4.78 is 37.3. The summed E-state index contributed by atoms with van der Waals surface area (Å²) >= 11 is 6.02. The maximum Gasteiger partial charge on any atom is 0.206 e. The normalized spacial score (nSPS) is 25.8. The number of ether oxygens (including phenoxy) is 3. The molecule has 130 valence electrons. The molecule has 0 aliphatic carbocycles. The van der Waals surface area contributed by atoms with Gasteiger partial charge in [0.25, 0.3) is 0 Å². The standard InChI is InChI=1S/C16H18ClFN2O4/c1-8-6-20(7-9(2)23-8)13-10(16-21-3-4-22-16)5-11-14(12(13)18)24-19-15(11)17/h5,8-9,16H,3-4,6-7H2,1-2H3/t8-,9-/m1/s1. The summed E-state index contributed by atoms with van der Waals surface area (Å²) in [4.78, 5) is 1.95. The van der Waals surface area contributed by atoms with Crippen molar-refractivity contribution in [1.82, 2.24) is 5.16 Å². The molecule has 8 heteroatoms. The van der Waals surface area contributed by atoms with Crippen LogP contribution in [-0.4, -0.2) is 43.7 Å². The largest absolute Gasteiger partial charge is 0.372 e. The Morgan fingerprint density at radius 2 is 1.88 bits per heavy atom. The Kier molecular flexibility index (Phi) is 4.12. The van der Waals surface area contributed by atoms with E-state index in [1.165, 1.54) is 0 Å². The highest BCUT2D eigenvalue weighted by Gasteiger charge is 2.33. The lowest BCUT2D eigenvalue weighted by Gasteiger charge is -2.38. The summed E-state index contributed by atoms with van der Waals surface area (Å²) in [5, 5.41) is 4.21. The third-order valence-corrected chi connectivity index (χ3v) is 4.55. The Morgan fingerprint density at radius 3 is 2.54 bits per heavy atom. The maximum atomic E-state index is 15.2. The van der Waals surface area contributed by atoms with E-state index in [1.54, 1.807) is 6.07 Å². The van der Waals surface area contributed by atoms with Crippen LogP contribution < -0.4 is 4.90 Å². The Bertz CT molecular complexity index is 752. The molecule has 24 heavy (non-hydrogen) atoms. The minimum absolute atomic E-state index is 0.0135. The molecule has 0 bridgehead atoms. The van der Waals surface area contributed by atoms with Gasteiger partial charge >= 0.3 is 0 Å². The number of fused-ring (bicyclic) bond motifs is 1. The van der Waals surface area contributed by atoms with Gasteiger partial charge in [-0.1, -0.05) is 16.8 Å². The molecular formula is C16H18ClFN2O4. The van der Waals surface area contributed by atoms with Crippen LogP contribution in [-0.2, 0) is 14.2 Å². The van der Waals surface area contributed by atoms with Crippen molar-refractivity contribution in [3.63, 3.8) is 0 Å². The number of anilines is 1. The van der Waals surface area contributed by atoms with Crippen molar-refractivity contribution in [3.05, 3.63) is 22.6 Å². The molecule has 4 rings (SSSR count). The van der Waals surface area contributed by atoms with Gasteiger partial charge in [0.1, 0.15) is 0 Å². The fraction of sp³-hybridized carbons (Fsp3) is 0.562. The van der Waals surface area contributed by atoms with E-state index >= 15 is 4.39 Å². The van der Waals surface area contributed by atoms with Gasteiger partial charge in [-0.15, -0.1) is 0 Å². The van der Waals surface area contributed by atoms with Crippen molar-refractivity contribution in [2.45, 2.75) is 32.3 Å². The highest BCUT2D eigenvalue weighted by molar-refractivity contribution is 6.34. The van der Waals surface area contributed by atoms with E-state index in [-0.39, 0.29) is 22.9 Å². The minimum atomic E-state index is -0.627. The van der Waals surface area contributed by atoms with Crippen LogP contribution >= 0.6 is 11.6 Å². The SMILES string of the molecule is C[C@@H]1CN(c2c(C3OCCO3)cc3c(Cl)noc3c2F)C[C@@H](C)O1. The van der Waals surface area contributed by atoms with Gasteiger partial charge in [0, 0.05) is 18.7 Å². The van der Waals surface area contributed by atoms with Crippen LogP contribution in [0.15, 0.2) is 10.6 Å². The molecule has 0 unspecified atom stereocenters. The van der Waals surface area contributed by atoms with E-state index < -0.39 is 12.1 Å². The van der Waals surface area contributed by atoms with Gasteiger partial charge in [-0.2, -0.15) is 0 Å². The van der Waals surface area contributed by atoms with Gasteiger partial charge in [-0.25, -0.2) is 4.39 Å². The lowest BCUT2D eigenvalue weighted by atomic mass is 10.1. The molecule has 2 atom stereocenters. The van der Waals surface area contributed by atoms with Gasteiger partial charge in [0.2, 0.25) is 5.58 Å². The third-order valence-electron chi connectivity index (χ3n) is 4.28. The Labute approximate surface area is 143 Å². The van der Waals surface area contributed by atoms with Crippen molar-refractivity contribution >= 4 is 28.3 Å². The van der Waals surface area contributed by atoms with Crippen LogP contribution in [0.4, 0.5) is 10.1 Å². The van der Waals surface area contributed by atoms with Crippen LogP contribution in [0.25, 0.3) is 11.0 Å². The second-order valence-corrected chi connectivity index (χ2v) is 6.57. The van der Waals surface area contributed by atoms with E-state index in [9.17, 15) is 0 Å². The summed E-state index contributed by atoms with van der Waals surface area (Å²) in [6, 6.07) is 1.74. The Balaban J connectivity index is 1.87. The molecular weight excluding hydrogens is 339 g/mol. The number of rotatable bonds is 2. The lowest BCUT2D eigenvalue weighted by Crippen LogP contribution is -2.46. The topological polar surface area (TPSA) is 57.0 Å². The first-order valence-corrected chi connectivity index (χ1v) is 8.33. The van der Waals surface area contributed by atoms with E-state index in [4.69, 9.17) is 30.3 Å². The highest BCUT2D eigenvalue weighted by Crippen LogP contribution is 2.40. The Morgan fingerprint density at radius 1 is 1.21 bits per heavy atom. The molecule has 0 spiro atoms. The average molecular weight is 357 g/mol. The zero-order valence-electron chi connectivity index (χ0n) is 13.4. The van der Waals surface area contributed by atoms with E-state index in [1.807, 2.05) is 18.7 Å². The predicted octanol–water partition coefficient (Wildman–Crippen LogP) is 3.28.